The van der Waals surface area contributed by atoms with Crippen LogP contribution in [0.25, 0.3) is 0 Å². The predicted molar refractivity (Wildman–Crippen MR) is 29.8 cm³/mol. The summed E-state index contributed by atoms with van der Waals surface area (Å²) in [6, 6.07) is 0. The van der Waals surface area contributed by atoms with Crippen molar-refractivity contribution in [1.29, 1.82) is 0 Å². The molecule has 9 heavy (non-hydrogen) atoms. The van der Waals surface area contributed by atoms with Crippen molar-refractivity contribution in [2.24, 2.45) is 0 Å². The van der Waals surface area contributed by atoms with Gasteiger partial charge in [0.15, 0.2) is 0 Å². The standard InChI is InChI=1S/C6H8O3/c7-5-3-1-2-4(9-3)6(5)8/h1-8H. The van der Waals surface area contributed by atoms with Crippen LogP contribution >= 0.6 is 0 Å². The maximum absolute atomic E-state index is 9.06. The lowest BCUT2D eigenvalue weighted by atomic mass is 10.0. The molecular weight excluding hydrogens is 120 g/mol. The van der Waals surface area contributed by atoms with E-state index < -0.39 is 12.2 Å². The molecule has 3 heteroatoms. The molecule has 2 bridgehead atoms. The highest BCUT2D eigenvalue weighted by Crippen LogP contribution is 2.28. The molecule has 2 N–H and O–H groups in total. The summed E-state index contributed by atoms with van der Waals surface area (Å²) in [7, 11) is 0. The molecule has 3 nitrogen and oxygen atoms in total. The molecule has 2 rings (SSSR count). The third-order valence-corrected chi connectivity index (χ3v) is 1.83. The van der Waals surface area contributed by atoms with Gasteiger partial charge in [0.05, 0.1) is 0 Å². The van der Waals surface area contributed by atoms with Gasteiger partial charge in [0, 0.05) is 0 Å². The van der Waals surface area contributed by atoms with Crippen LogP contribution in [0.2, 0.25) is 0 Å². The summed E-state index contributed by atoms with van der Waals surface area (Å²) in [5, 5.41) is 18.1. The summed E-state index contributed by atoms with van der Waals surface area (Å²) >= 11 is 0. The van der Waals surface area contributed by atoms with Crippen LogP contribution < -0.4 is 0 Å². The highest BCUT2D eigenvalue weighted by Gasteiger charge is 2.43. The third-order valence-electron chi connectivity index (χ3n) is 1.83. The number of ether oxygens (including phenoxy) is 1. The minimum absolute atomic E-state index is 0.259. The van der Waals surface area contributed by atoms with E-state index in [0.717, 1.165) is 0 Å². The smallest absolute Gasteiger partial charge is 0.112 e. The largest absolute Gasteiger partial charge is 0.387 e. The summed E-state index contributed by atoms with van der Waals surface area (Å²) < 4.78 is 5.09. The van der Waals surface area contributed by atoms with Gasteiger partial charge in [-0.3, -0.25) is 0 Å². The highest BCUT2D eigenvalue weighted by atomic mass is 16.5. The Morgan fingerprint density at radius 1 is 1.00 bits per heavy atom. The Balaban J connectivity index is 2.26. The molecule has 0 spiro atoms. The van der Waals surface area contributed by atoms with Crippen molar-refractivity contribution in [3.8, 4) is 0 Å². The fourth-order valence-corrected chi connectivity index (χ4v) is 1.27. The van der Waals surface area contributed by atoms with E-state index in [2.05, 4.69) is 0 Å². The summed E-state index contributed by atoms with van der Waals surface area (Å²) in [5.74, 6) is 0. The average Bonchev–Trinajstić information content (AvgIpc) is 2.37. The van der Waals surface area contributed by atoms with Gasteiger partial charge in [-0.1, -0.05) is 12.2 Å². The molecule has 0 amide bonds. The molecule has 50 valence electrons. The summed E-state index contributed by atoms with van der Waals surface area (Å²) in [5.41, 5.74) is 0. The zero-order valence-electron chi connectivity index (χ0n) is 4.77. The van der Waals surface area contributed by atoms with E-state index in [4.69, 9.17) is 14.9 Å². The minimum Gasteiger partial charge on any atom is -0.387 e. The minimum atomic E-state index is -0.708. The monoisotopic (exact) mass is 128 g/mol. The molecule has 2 aliphatic rings. The van der Waals surface area contributed by atoms with Crippen LogP contribution in [0.1, 0.15) is 0 Å². The topological polar surface area (TPSA) is 49.7 Å². The molecule has 1 saturated heterocycles. The van der Waals surface area contributed by atoms with Gasteiger partial charge in [-0.05, 0) is 0 Å². The fourth-order valence-electron chi connectivity index (χ4n) is 1.27. The van der Waals surface area contributed by atoms with Gasteiger partial charge >= 0.3 is 0 Å². The van der Waals surface area contributed by atoms with Crippen molar-refractivity contribution in [2.75, 3.05) is 0 Å². The molecular formula is C6H8O3. The van der Waals surface area contributed by atoms with E-state index in [0.29, 0.717) is 0 Å². The quantitative estimate of drug-likeness (QED) is 0.413. The Labute approximate surface area is 52.6 Å². The second-order valence-electron chi connectivity index (χ2n) is 2.43. The number of hydrogen-bond acceptors (Lipinski definition) is 3. The number of hydrogen-bond donors (Lipinski definition) is 2. The zero-order chi connectivity index (χ0) is 6.43. The van der Waals surface area contributed by atoms with E-state index in [1.54, 1.807) is 12.2 Å². The van der Waals surface area contributed by atoms with Crippen molar-refractivity contribution in [2.45, 2.75) is 24.4 Å². The lowest BCUT2D eigenvalue weighted by molar-refractivity contribution is 0.0356. The van der Waals surface area contributed by atoms with E-state index >= 15 is 0 Å². The number of fused-ring (bicyclic) bond motifs is 2. The SMILES string of the molecule is OC1C2C=CC(O2)C1O. The van der Waals surface area contributed by atoms with Crippen molar-refractivity contribution >= 4 is 0 Å². The third kappa shape index (κ3) is 0.566. The first-order chi connectivity index (χ1) is 4.29. The molecule has 4 atom stereocenters. The first kappa shape index (κ1) is 5.41. The molecule has 2 aliphatic heterocycles. The van der Waals surface area contributed by atoms with Gasteiger partial charge < -0.3 is 14.9 Å². The van der Waals surface area contributed by atoms with Crippen LogP contribution in [0.3, 0.4) is 0 Å². The Kier molecular flexibility index (Phi) is 0.939. The Hall–Kier alpha value is -0.380. The molecule has 1 fully saturated rings. The molecule has 0 radical (unpaired) electrons. The second kappa shape index (κ2) is 1.56. The number of rotatable bonds is 0. The van der Waals surface area contributed by atoms with Crippen molar-refractivity contribution in [3.05, 3.63) is 12.2 Å². The van der Waals surface area contributed by atoms with Crippen molar-refractivity contribution in [1.82, 2.24) is 0 Å². The number of aliphatic hydroxyl groups is 2. The predicted octanol–water partition coefficient (Wildman–Crippen LogP) is -0.955. The maximum atomic E-state index is 9.06. The second-order valence-corrected chi connectivity index (χ2v) is 2.43. The van der Waals surface area contributed by atoms with Gasteiger partial charge in [0.25, 0.3) is 0 Å². The van der Waals surface area contributed by atoms with E-state index in [1.807, 2.05) is 0 Å². The zero-order valence-corrected chi connectivity index (χ0v) is 4.77. The molecule has 0 saturated carbocycles. The van der Waals surface area contributed by atoms with E-state index in [9.17, 15) is 0 Å². The highest BCUT2D eigenvalue weighted by molar-refractivity contribution is 5.15. The summed E-state index contributed by atoms with van der Waals surface area (Å²) in [6.07, 6.45) is 1.62. The molecule has 0 aliphatic carbocycles. The number of aliphatic hydroxyl groups excluding tert-OH is 2. The summed E-state index contributed by atoms with van der Waals surface area (Å²) in [4.78, 5) is 0. The van der Waals surface area contributed by atoms with Crippen LogP contribution in [0.4, 0.5) is 0 Å². The Bertz CT molecular complexity index is 138. The van der Waals surface area contributed by atoms with Gasteiger partial charge in [-0.15, -0.1) is 0 Å². The van der Waals surface area contributed by atoms with Gasteiger partial charge in [0.1, 0.15) is 24.4 Å². The van der Waals surface area contributed by atoms with Gasteiger partial charge in [-0.2, -0.15) is 0 Å². The summed E-state index contributed by atoms with van der Waals surface area (Å²) in [6.45, 7) is 0. The van der Waals surface area contributed by atoms with Crippen LogP contribution in [-0.2, 0) is 4.74 Å². The first-order valence-electron chi connectivity index (χ1n) is 2.99. The lowest BCUT2D eigenvalue weighted by Gasteiger charge is -2.13. The van der Waals surface area contributed by atoms with Crippen LogP contribution in [0.15, 0.2) is 12.2 Å². The van der Waals surface area contributed by atoms with Crippen LogP contribution in [0.5, 0.6) is 0 Å². The first-order valence-corrected chi connectivity index (χ1v) is 2.99. The molecule has 0 aromatic carbocycles. The fraction of sp³-hybridized carbons (Fsp3) is 0.667. The molecule has 0 aromatic heterocycles. The van der Waals surface area contributed by atoms with Crippen molar-refractivity contribution in [3.63, 3.8) is 0 Å². The van der Waals surface area contributed by atoms with E-state index in [-0.39, 0.29) is 12.2 Å². The maximum Gasteiger partial charge on any atom is 0.112 e. The van der Waals surface area contributed by atoms with E-state index in [1.165, 1.54) is 0 Å². The Morgan fingerprint density at radius 2 is 1.44 bits per heavy atom. The molecule has 2 heterocycles. The van der Waals surface area contributed by atoms with Gasteiger partial charge in [-0.25, -0.2) is 0 Å². The van der Waals surface area contributed by atoms with Crippen LogP contribution in [-0.4, -0.2) is 34.6 Å². The Morgan fingerprint density at radius 3 is 1.67 bits per heavy atom. The van der Waals surface area contributed by atoms with Crippen LogP contribution in [0, 0.1) is 0 Å². The van der Waals surface area contributed by atoms with Gasteiger partial charge in [0.2, 0.25) is 0 Å². The lowest BCUT2D eigenvalue weighted by Crippen LogP contribution is -2.33. The normalized spacial score (nSPS) is 54.9. The molecule has 4 unspecified atom stereocenters. The molecule has 0 aromatic rings. The van der Waals surface area contributed by atoms with Crippen molar-refractivity contribution < 1.29 is 14.9 Å². The average molecular weight is 128 g/mol.